The highest BCUT2D eigenvalue weighted by Crippen LogP contribution is 2.38. The van der Waals surface area contributed by atoms with Gasteiger partial charge in [-0.25, -0.2) is 4.98 Å². The molecule has 1 aliphatic carbocycles. The smallest absolute Gasteiger partial charge is 0.229 e. The molecule has 0 bridgehead atoms. The van der Waals surface area contributed by atoms with Gasteiger partial charge in [-0.1, -0.05) is 29.4 Å². The summed E-state index contributed by atoms with van der Waals surface area (Å²) in [6.45, 7) is 0. The topological polar surface area (TPSA) is 51.2 Å². The average molecular weight is 297 g/mol. The second-order valence-corrected chi connectivity index (χ2v) is 5.97. The number of halogens is 1. The monoisotopic (exact) mass is 296 g/mol. The van der Waals surface area contributed by atoms with Crippen LogP contribution in [0.15, 0.2) is 12.1 Å². The Labute approximate surface area is 119 Å². The molecule has 2 aromatic rings. The van der Waals surface area contributed by atoms with Gasteiger partial charge < -0.3 is 10.1 Å². The molecule has 1 N–H and O–H groups in total. The van der Waals surface area contributed by atoms with Crippen LogP contribution >= 0.6 is 22.9 Å². The molecule has 100 valence electrons. The minimum Gasteiger partial charge on any atom is -0.494 e. The van der Waals surface area contributed by atoms with Crippen LogP contribution in [0, 0.1) is 5.92 Å². The number of nitrogens with zero attached hydrogens (tertiary/aromatic N) is 1. The van der Waals surface area contributed by atoms with Gasteiger partial charge in [0.25, 0.3) is 0 Å². The zero-order chi connectivity index (χ0) is 13.4. The molecule has 3 rings (SSSR count). The normalized spacial score (nSPS) is 15.3. The number of thiazole rings is 1. The van der Waals surface area contributed by atoms with Crippen LogP contribution in [-0.2, 0) is 4.79 Å². The Morgan fingerprint density at radius 3 is 2.95 bits per heavy atom. The summed E-state index contributed by atoms with van der Waals surface area (Å²) in [6.07, 6.45) is 3.08. The Hall–Kier alpha value is -1.33. The van der Waals surface area contributed by atoms with Crippen LogP contribution in [0.3, 0.4) is 0 Å². The van der Waals surface area contributed by atoms with Crippen molar-refractivity contribution >= 4 is 44.2 Å². The molecule has 1 saturated carbocycles. The molecule has 4 nitrogen and oxygen atoms in total. The summed E-state index contributed by atoms with van der Waals surface area (Å²) in [4.78, 5) is 16.3. The zero-order valence-corrected chi connectivity index (χ0v) is 12.0. The van der Waals surface area contributed by atoms with Crippen molar-refractivity contribution in [1.82, 2.24) is 4.98 Å². The van der Waals surface area contributed by atoms with E-state index in [0.29, 0.717) is 21.4 Å². The predicted molar refractivity (Wildman–Crippen MR) is 77.2 cm³/mol. The Balaban J connectivity index is 1.92. The zero-order valence-electron chi connectivity index (χ0n) is 10.4. The van der Waals surface area contributed by atoms with Gasteiger partial charge in [0.15, 0.2) is 5.13 Å². The third kappa shape index (κ3) is 2.28. The van der Waals surface area contributed by atoms with E-state index in [4.69, 9.17) is 16.3 Å². The highest BCUT2D eigenvalue weighted by Gasteiger charge is 2.26. The Kier molecular flexibility index (Phi) is 3.33. The first-order valence-corrected chi connectivity index (χ1v) is 7.32. The number of hydrogen-bond donors (Lipinski definition) is 1. The van der Waals surface area contributed by atoms with Crippen LogP contribution in [0.2, 0.25) is 5.02 Å². The van der Waals surface area contributed by atoms with E-state index in [1.807, 2.05) is 0 Å². The quantitative estimate of drug-likeness (QED) is 0.939. The summed E-state index contributed by atoms with van der Waals surface area (Å²) < 4.78 is 6.09. The first-order valence-electron chi connectivity index (χ1n) is 6.13. The molecule has 0 aliphatic heterocycles. The summed E-state index contributed by atoms with van der Waals surface area (Å²) in [7, 11) is 1.59. The minimum atomic E-state index is 0.0559. The van der Waals surface area contributed by atoms with Crippen molar-refractivity contribution in [3.8, 4) is 5.75 Å². The summed E-state index contributed by atoms with van der Waals surface area (Å²) in [5.41, 5.74) is 0.698. The fraction of sp³-hybridized carbons (Fsp3) is 0.385. The Morgan fingerprint density at radius 1 is 1.53 bits per heavy atom. The first kappa shape index (κ1) is 12.7. The fourth-order valence-corrected chi connectivity index (χ4v) is 3.21. The van der Waals surface area contributed by atoms with Crippen molar-refractivity contribution in [3.05, 3.63) is 17.2 Å². The van der Waals surface area contributed by atoms with E-state index in [2.05, 4.69) is 10.3 Å². The standard InChI is InChI=1S/C13H13ClN2O2S/c1-18-9-6-5-8(14)11-10(9)15-13(19-11)16-12(17)7-3-2-4-7/h5-7H,2-4H2,1H3,(H,15,16,17). The highest BCUT2D eigenvalue weighted by molar-refractivity contribution is 7.23. The molecule has 1 fully saturated rings. The molecule has 1 aromatic carbocycles. The summed E-state index contributed by atoms with van der Waals surface area (Å²) >= 11 is 7.52. The first-order chi connectivity index (χ1) is 9.19. The van der Waals surface area contributed by atoms with Gasteiger partial charge in [0.05, 0.1) is 16.8 Å². The largest absolute Gasteiger partial charge is 0.494 e. The molecular weight excluding hydrogens is 284 g/mol. The van der Waals surface area contributed by atoms with Crippen molar-refractivity contribution in [3.63, 3.8) is 0 Å². The lowest BCUT2D eigenvalue weighted by atomic mass is 9.85. The van der Waals surface area contributed by atoms with E-state index in [0.717, 1.165) is 24.0 Å². The molecule has 19 heavy (non-hydrogen) atoms. The van der Waals surface area contributed by atoms with Crippen LogP contribution in [-0.4, -0.2) is 18.0 Å². The number of carbonyl (C=O) groups excluding carboxylic acids is 1. The number of fused-ring (bicyclic) bond motifs is 1. The van der Waals surface area contributed by atoms with E-state index in [1.54, 1.807) is 19.2 Å². The molecule has 1 amide bonds. The van der Waals surface area contributed by atoms with E-state index in [9.17, 15) is 4.79 Å². The van der Waals surface area contributed by atoms with Gasteiger partial charge in [0, 0.05) is 5.92 Å². The van der Waals surface area contributed by atoms with Gasteiger partial charge >= 0.3 is 0 Å². The van der Waals surface area contributed by atoms with E-state index < -0.39 is 0 Å². The van der Waals surface area contributed by atoms with Crippen molar-refractivity contribution in [2.45, 2.75) is 19.3 Å². The highest BCUT2D eigenvalue weighted by atomic mass is 35.5. The lowest BCUT2D eigenvalue weighted by Gasteiger charge is -2.23. The average Bonchev–Trinajstić information content (AvgIpc) is 2.71. The van der Waals surface area contributed by atoms with Crippen LogP contribution in [0.4, 0.5) is 5.13 Å². The molecule has 1 aromatic heterocycles. The van der Waals surface area contributed by atoms with Gasteiger partial charge in [-0.2, -0.15) is 0 Å². The maximum Gasteiger partial charge on any atom is 0.229 e. The molecule has 6 heteroatoms. The Morgan fingerprint density at radius 2 is 2.32 bits per heavy atom. The van der Waals surface area contributed by atoms with Crippen molar-refractivity contribution in [1.29, 1.82) is 0 Å². The molecule has 1 aliphatic rings. The molecular formula is C13H13ClN2O2S. The van der Waals surface area contributed by atoms with Crippen LogP contribution in [0.25, 0.3) is 10.2 Å². The fourth-order valence-electron chi connectivity index (χ4n) is 2.05. The number of anilines is 1. The van der Waals surface area contributed by atoms with Crippen LogP contribution in [0.5, 0.6) is 5.75 Å². The number of nitrogens with one attached hydrogen (secondary N) is 1. The van der Waals surface area contributed by atoms with Crippen molar-refractivity contribution < 1.29 is 9.53 Å². The lowest BCUT2D eigenvalue weighted by Crippen LogP contribution is -2.27. The van der Waals surface area contributed by atoms with Crippen LogP contribution < -0.4 is 10.1 Å². The van der Waals surface area contributed by atoms with E-state index >= 15 is 0 Å². The molecule has 0 spiro atoms. The number of carbonyl (C=O) groups is 1. The maximum absolute atomic E-state index is 11.9. The van der Waals surface area contributed by atoms with Gasteiger partial charge in [0.1, 0.15) is 11.3 Å². The molecule has 0 radical (unpaired) electrons. The molecule has 0 atom stereocenters. The molecule has 1 heterocycles. The van der Waals surface area contributed by atoms with Crippen LogP contribution in [0.1, 0.15) is 19.3 Å². The van der Waals surface area contributed by atoms with E-state index in [-0.39, 0.29) is 11.8 Å². The van der Waals surface area contributed by atoms with Gasteiger partial charge in [-0.05, 0) is 25.0 Å². The molecule has 0 saturated heterocycles. The Bertz CT molecular complexity index is 637. The number of aromatic nitrogens is 1. The van der Waals surface area contributed by atoms with Gasteiger partial charge in [-0.15, -0.1) is 0 Å². The van der Waals surface area contributed by atoms with Crippen molar-refractivity contribution in [2.75, 3.05) is 12.4 Å². The number of methoxy groups -OCH3 is 1. The number of ether oxygens (including phenoxy) is 1. The maximum atomic E-state index is 11.9. The third-order valence-electron chi connectivity index (χ3n) is 3.38. The number of rotatable bonds is 3. The molecule has 0 unspecified atom stereocenters. The SMILES string of the molecule is COc1ccc(Cl)c2sc(NC(=O)C3CCC3)nc12. The van der Waals surface area contributed by atoms with E-state index in [1.165, 1.54) is 11.3 Å². The number of amides is 1. The second-order valence-electron chi connectivity index (χ2n) is 4.56. The number of hydrogen-bond acceptors (Lipinski definition) is 4. The minimum absolute atomic E-state index is 0.0559. The lowest BCUT2D eigenvalue weighted by molar-refractivity contribution is -0.122. The van der Waals surface area contributed by atoms with Gasteiger partial charge in [-0.3, -0.25) is 4.79 Å². The summed E-state index contributed by atoms with van der Waals surface area (Å²) in [5.74, 6) is 0.865. The number of benzene rings is 1. The summed E-state index contributed by atoms with van der Waals surface area (Å²) in [5, 5.41) is 4.07. The predicted octanol–water partition coefficient (Wildman–Crippen LogP) is 3.70. The third-order valence-corrected chi connectivity index (χ3v) is 4.82. The van der Waals surface area contributed by atoms with Gasteiger partial charge in [0.2, 0.25) is 5.91 Å². The summed E-state index contributed by atoms with van der Waals surface area (Å²) in [6, 6.07) is 3.56. The van der Waals surface area contributed by atoms with Crippen molar-refractivity contribution in [2.24, 2.45) is 5.92 Å². The second kappa shape index (κ2) is 4.98.